The maximum Gasteiger partial charge on any atom is 0.319 e. The molecule has 5 nitrogen and oxygen atoms in total. The van der Waals surface area contributed by atoms with Crippen molar-refractivity contribution in [2.24, 2.45) is 11.8 Å². The number of amides is 2. The van der Waals surface area contributed by atoms with Crippen LogP contribution in [-0.2, 0) is 9.53 Å². The lowest BCUT2D eigenvalue weighted by Gasteiger charge is -2.38. The predicted molar refractivity (Wildman–Crippen MR) is 75.8 cm³/mol. The number of hydrogen-bond donors (Lipinski definition) is 2. The number of carbonyl (C=O) groups is 2. The van der Waals surface area contributed by atoms with Gasteiger partial charge in [0.1, 0.15) is 5.92 Å². The number of allylic oxidation sites excluding steroid dienone is 2. The Balaban J connectivity index is 2.18. The Morgan fingerprint density at radius 2 is 2.20 bits per heavy atom. The van der Waals surface area contributed by atoms with Crippen LogP contribution in [-0.4, -0.2) is 24.1 Å². The summed E-state index contributed by atoms with van der Waals surface area (Å²) in [6, 6.07) is -0.532. The van der Waals surface area contributed by atoms with Crippen LogP contribution in [0.4, 0.5) is 4.79 Å². The van der Waals surface area contributed by atoms with E-state index in [-0.39, 0.29) is 30.1 Å². The lowest BCUT2D eigenvalue weighted by molar-refractivity contribution is -0.152. The highest BCUT2D eigenvalue weighted by Gasteiger charge is 2.42. The van der Waals surface area contributed by atoms with Gasteiger partial charge >= 0.3 is 12.0 Å². The number of ether oxygens (including phenoxy) is 1. The minimum atomic E-state index is -0.522. The average molecular weight is 278 g/mol. The molecule has 20 heavy (non-hydrogen) atoms. The number of urea groups is 1. The van der Waals surface area contributed by atoms with E-state index < -0.39 is 5.92 Å². The second-order valence-corrected chi connectivity index (χ2v) is 5.66. The summed E-state index contributed by atoms with van der Waals surface area (Å²) in [5.74, 6) is -0.601. The number of esters is 1. The van der Waals surface area contributed by atoms with E-state index in [1.165, 1.54) is 0 Å². The molecular weight excluding hydrogens is 256 g/mol. The zero-order valence-corrected chi connectivity index (χ0v) is 12.0. The molecule has 3 atom stereocenters. The van der Waals surface area contributed by atoms with Gasteiger partial charge in [0.15, 0.2) is 0 Å². The molecule has 0 radical (unpaired) electrons. The summed E-state index contributed by atoms with van der Waals surface area (Å²) < 4.78 is 5.31. The third kappa shape index (κ3) is 3.21. The van der Waals surface area contributed by atoms with Gasteiger partial charge in [-0.1, -0.05) is 18.7 Å². The average Bonchev–Trinajstić information content (AvgIpc) is 2.37. The number of carbonyl (C=O) groups excluding carboxylic acids is 2. The normalized spacial score (nSPS) is 29.9. The van der Waals surface area contributed by atoms with Crippen molar-refractivity contribution < 1.29 is 14.3 Å². The summed E-state index contributed by atoms with van der Waals surface area (Å²) in [6.45, 7) is 7.46. The summed E-state index contributed by atoms with van der Waals surface area (Å²) >= 11 is 0. The van der Waals surface area contributed by atoms with Gasteiger partial charge in [-0.05, 0) is 39.0 Å². The molecule has 0 saturated carbocycles. The molecule has 0 aromatic rings. The van der Waals surface area contributed by atoms with Crippen LogP contribution < -0.4 is 10.6 Å². The van der Waals surface area contributed by atoms with Crippen LogP contribution in [0.2, 0.25) is 0 Å². The fraction of sp³-hybridized carbons (Fsp3) is 0.600. The molecule has 0 bridgehead atoms. The second-order valence-electron chi connectivity index (χ2n) is 5.66. The van der Waals surface area contributed by atoms with E-state index in [9.17, 15) is 9.59 Å². The summed E-state index contributed by atoms with van der Waals surface area (Å²) in [7, 11) is 0. The molecule has 1 aliphatic heterocycles. The Bertz CT molecular complexity index is 442. The van der Waals surface area contributed by atoms with Crippen molar-refractivity contribution in [2.75, 3.05) is 0 Å². The fourth-order valence-corrected chi connectivity index (χ4v) is 2.84. The van der Waals surface area contributed by atoms with Crippen molar-refractivity contribution in [3.63, 3.8) is 0 Å². The molecule has 110 valence electrons. The van der Waals surface area contributed by atoms with Crippen molar-refractivity contribution in [1.82, 2.24) is 10.6 Å². The highest BCUT2D eigenvalue weighted by Crippen LogP contribution is 2.31. The zero-order valence-electron chi connectivity index (χ0n) is 12.0. The maximum atomic E-state index is 12.3. The highest BCUT2D eigenvalue weighted by atomic mass is 16.5. The first-order valence-corrected chi connectivity index (χ1v) is 7.11. The van der Waals surface area contributed by atoms with Crippen molar-refractivity contribution in [1.29, 1.82) is 0 Å². The van der Waals surface area contributed by atoms with Crippen molar-refractivity contribution in [3.05, 3.63) is 24.4 Å². The van der Waals surface area contributed by atoms with Gasteiger partial charge in [-0.3, -0.25) is 4.79 Å². The minimum absolute atomic E-state index is 0.181. The van der Waals surface area contributed by atoms with Gasteiger partial charge in [-0.2, -0.15) is 0 Å². The van der Waals surface area contributed by atoms with Crippen LogP contribution in [0.1, 0.15) is 33.1 Å². The first-order valence-electron chi connectivity index (χ1n) is 7.11. The molecule has 0 aromatic heterocycles. The van der Waals surface area contributed by atoms with Gasteiger partial charge in [0.05, 0.1) is 12.1 Å². The summed E-state index contributed by atoms with van der Waals surface area (Å²) in [4.78, 5) is 24.0. The topological polar surface area (TPSA) is 67.4 Å². The molecule has 0 aromatic carbocycles. The predicted octanol–water partition coefficient (Wildman–Crippen LogP) is 2.11. The van der Waals surface area contributed by atoms with Gasteiger partial charge in [0, 0.05) is 5.70 Å². The van der Waals surface area contributed by atoms with E-state index >= 15 is 0 Å². The lowest BCUT2D eigenvalue weighted by atomic mass is 9.79. The molecule has 1 aliphatic carbocycles. The Morgan fingerprint density at radius 3 is 2.80 bits per heavy atom. The molecule has 3 unspecified atom stereocenters. The minimum Gasteiger partial charge on any atom is -0.462 e. The summed E-state index contributed by atoms with van der Waals surface area (Å²) in [5, 5.41) is 5.46. The third-order valence-electron chi connectivity index (χ3n) is 3.73. The Hall–Kier alpha value is -1.78. The fourth-order valence-electron chi connectivity index (χ4n) is 2.84. The van der Waals surface area contributed by atoms with E-state index in [0.29, 0.717) is 5.70 Å². The Morgan fingerprint density at radius 1 is 1.45 bits per heavy atom. The van der Waals surface area contributed by atoms with Gasteiger partial charge in [-0.25, -0.2) is 4.79 Å². The van der Waals surface area contributed by atoms with E-state index in [1.54, 1.807) is 0 Å². The van der Waals surface area contributed by atoms with Crippen LogP contribution >= 0.6 is 0 Å². The lowest BCUT2D eigenvalue weighted by Crippen LogP contribution is -2.58. The second kappa shape index (κ2) is 6.11. The highest BCUT2D eigenvalue weighted by molar-refractivity contribution is 5.85. The Kier molecular flexibility index (Phi) is 4.47. The number of hydrogen-bond acceptors (Lipinski definition) is 3. The van der Waals surface area contributed by atoms with Crippen molar-refractivity contribution >= 4 is 12.0 Å². The molecule has 0 spiro atoms. The van der Waals surface area contributed by atoms with Gasteiger partial charge in [-0.15, -0.1) is 0 Å². The largest absolute Gasteiger partial charge is 0.462 e. The van der Waals surface area contributed by atoms with Gasteiger partial charge < -0.3 is 15.4 Å². The standard InChI is InChI=1S/C15H22N2O3/c1-9(2)20-14(18)12-10(3)16-15(19)17-13(12)11-7-5-4-6-8-11/h4-5,9,11-13H,3,6-8H2,1-2H3,(H2,16,17,19). The van der Waals surface area contributed by atoms with Crippen LogP contribution in [0.25, 0.3) is 0 Å². The molecule has 5 heteroatoms. The van der Waals surface area contributed by atoms with E-state index in [1.807, 2.05) is 13.8 Å². The molecule has 2 N–H and O–H groups in total. The first-order chi connectivity index (χ1) is 9.49. The van der Waals surface area contributed by atoms with Crippen molar-refractivity contribution in [2.45, 2.75) is 45.3 Å². The molecule has 1 fully saturated rings. The van der Waals surface area contributed by atoms with E-state index in [2.05, 4.69) is 29.4 Å². The van der Waals surface area contributed by atoms with Crippen LogP contribution in [0.3, 0.4) is 0 Å². The quantitative estimate of drug-likeness (QED) is 0.613. The molecule has 2 aliphatic rings. The molecule has 2 amide bonds. The van der Waals surface area contributed by atoms with Gasteiger partial charge in [0.2, 0.25) is 0 Å². The molecule has 2 rings (SSSR count). The van der Waals surface area contributed by atoms with Crippen molar-refractivity contribution in [3.8, 4) is 0 Å². The zero-order chi connectivity index (χ0) is 14.7. The van der Waals surface area contributed by atoms with Crippen LogP contribution in [0.5, 0.6) is 0 Å². The monoisotopic (exact) mass is 278 g/mol. The van der Waals surface area contributed by atoms with E-state index in [4.69, 9.17) is 4.74 Å². The smallest absolute Gasteiger partial charge is 0.319 e. The van der Waals surface area contributed by atoms with E-state index in [0.717, 1.165) is 19.3 Å². The molecular formula is C15H22N2O3. The third-order valence-corrected chi connectivity index (χ3v) is 3.73. The molecule has 1 heterocycles. The number of rotatable bonds is 3. The first kappa shape index (κ1) is 14.6. The maximum absolute atomic E-state index is 12.3. The van der Waals surface area contributed by atoms with Gasteiger partial charge in [0.25, 0.3) is 0 Å². The number of nitrogens with one attached hydrogen (secondary N) is 2. The summed E-state index contributed by atoms with van der Waals surface area (Å²) in [5.41, 5.74) is 0.430. The summed E-state index contributed by atoms with van der Waals surface area (Å²) in [6.07, 6.45) is 6.86. The van der Waals surface area contributed by atoms with Crippen LogP contribution in [0, 0.1) is 11.8 Å². The molecule has 1 saturated heterocycles. The SMILES string of the molecule is C=C1NC(=O)NC(C2CC=CCC2)C1C(=O)OC(C)C. The van der Waals surface area contributed by atoms with Crippen LogP contribution in [0.15, 0.2) is 24.4 Å². The Labute approximate surface area is 119 Å².